The second-order valence-corrected chi connectivity index (χ2v) is 8.66. The summed E-state index contributed by atoms with van der Waals surface area (Å²) >= 11 is 6.53. The lowest BCUT2D eigenvalue weighted by Gasteiger charge is -2.07. The maximum absolute atomic E-state index is 5.38. The summed E-state index contributed by atoms with van der Waals surface area (Å²) in [5, 5.41) is 15.6. The number of benzene rings is 1. The number of nitrogens with zero attached hydrogens (tertiary/aromatic N) is 5. The third kappa shape index (κ3) is 4.43. The first kappa shape index (κ1) is 19.1. The molecule has 28 heavy (non-hydrogen) atoms. The van der Waals surface area contributed by atoms with E-state index in [0.29, 0.717) is 24.0 Å². The largest absolute Gasteiger partial charge is 0.338 e. The summed E-state index contributed by atoms with van der Waals surface area (Å²) < 4.78 is 8.46. The fourth-order valence-corrected chi connectivity index (χ4v) is 4.77. The lowest BCUT2D eigenvalue weighted by atomic mass is 10.1. The number of hydrogen-bond donors (Lipinski definition) is 0. The molecule has 0 aliphatic carbocycles. The van der Waals surface area contributed by atoms with Crippen molar-refractivity contribution in [1.29, 1.82) is 0 Å². The van der Waals surface area contributed by atoms with Crippen molar-refractivity contribution in [2.75, 3.05) is 0 Å². The monoisotopic (exact) mass is 473 g/mol. The zero-order chi connectivity index (χ0) is 19.3. The standard InChI is InChI=1S/C19H16BrN5OS2/c1-2-8-25-16(9-13-6-4-3-5-7-13)22-23-19(25)28-12-17-21-18(24-26-17)15-10-14(20)11-27-15/h2-7,10-11H,1,8-9,12H2. The highest BCUT2D eigenvalue weighted by molar-refractivity contribution is 9.10. The van der Waals surface area contributed by atoms with Crippen LogP contribution in [0.2, 0.25) is 0 Å². The molecule has 3 heterocycles. The molecule has 0 aliphatic rings. The molecule has 3 aromatic heterocycles. The number of allylic oxidation sites excluding steroid dienone is 1. The molecule has 142 valence electrons. The van der Waals surface area contributed by atoms with E-state index < -0.39 is 0 Å². The van der Waals surface area contributed by atoms with Crippen molar-refractivity contribution in [2.45, 2.75) is 23.9 Å². The van der Waals surface area contributed by atoms with Crippen LogP contribution in [0.1, 0.15) is 17.3 Å². The summed E-state index contributed by atoms with van der Waals surface area (Å²) in [7, 11) is 0. The van der Waals surface area contributed by atoms with E-state index in [-0.39, 0.29) is 0 Å². The Kier molecular flexibility index (Phi) is 6.04. The Bertz CT molecular complexity index is 1070. The van der Waals surface area contributed by atoms with Gasteiger partial charge in [-0.05, 0) is 27.6 Å². The van der Waals surface area contributed by atoms with Crippen LogP contribution < -0.4 is 0 Å². The van der Waals surface area contributed by atoms with Gasteiger partial charge in [-0.1, -0.05) is 53.3 Å². The smallest absolute Gasteiger partial charge is 0.237 e. The molecular weight excluding hydrogens is 458 g/mol. The third-order valence-corrected chi connectivity index (χ3v) is 6.53. The van der Waals surface area contributed by atoms with Gasteiger partial charge in [-0.15, -0.1) is 28.1 Å². The summed E-state index contributed by atoms with van der Waals surface area (Å²) in [5.74, 6) is 2.59. The first-order valence-electron chi connectivity index (χ1n) is 8.49. The van der Waals surface area contributed by atoms with Gasteiger partial charge < -0.3 is 9.09 Å². The fraction of sp³-hybridized carbons (Fsp3) is 0.158. The minimum absolute atomic E-state index is 0.528. The van der Waals surface area contributed by atoms with Gasteiger partial charge in [0.2, 0.25) is 11.7 Å². The van der Waals surface area contributed by atoms with Gasteiger partial charge in [-0.2, -0.15) is 4.98 Å². The lowest BCUT2D eigenvalue weighted by Crippen LogP contribution is -2.04. The van der Waals surface area contributed by atoms with E-state index in [2.05, 4.69) is 59.5 Å². The average molecular weight is 474 g/mol. The topological polar surface area (TPSA) is 69.6 Å². The normalized spacial score (nSPS) is 11.0. The summed E-state index contributed by atoms with van der Waals surface area (Å²) in [6, 6.07) is 12.2. The Balaban J connectivity index is 1.47. The van der Waals surface area contributed by atoms with Crippen molar-refractivity contribution in [3.8, 4) is 10.7 Å². The molecule has 9 heteroatoms. The van der Waals surface area contributed by atoms with Crippen molar-refractivity contribution >= 4 is 39.0 Å². The molecule has 0 amide bonds. The Morgan fingerprint density at radius 3 is 2.86 bits per heavy atom. The third-order valence-electron chi connectivity index (χ3n) is 3.89. The van der Waals surface area contributed by atoms with Crippen LogP contribution in [0.5, 0.6) is 0 Å². The van der Waals surface area contributed by atoms with Crippen LogP contribution in [-0.4, -0.2) is 24.9 Å². The number of rotatable bonds is 8. The van der Waals surface area contributed by atoms with Crippen LogP contribution in [-0.2, 0) is 18.7 Å². The van der Waals surface area contributed by atoms with Crippen molar-refractivity contribution in [2.24, 2.45) is 0 Å². The molecule has 0 fully saturated rings. The maximum atomic E-state index is 5.38. The summed E-state index contributed by atoms with van der Waals surface area (Å²) in [5.41, 5.74) is 1.19. The number of thiophene rings is 1. The Morgan fingerprint density at radius 2 is 2.11 bits per heavy atom. The summed E-state index contributed by atoms with van der Waals surface area (Å²) in [6.45, 7) is 4.50. The SMILES string of the molecule is C=CCn1c(Cc2ccccc2)nnc1SCc1nc(-c2cc(Br)cs2)no1. The molecular formula is C19H16BrN5OS2. The Hall–Kier alpha value is -2.23. The van der Waals surface area contributed by atoms with Crippen LogP contribution in [0.4, 0.5) is 0 Å². The fourth-order valence-electron chi connectivity index (χ4n) is 2.62. The molecule has 0 aliphatic heterocycles. The highest BCUT2D eigenvalue weighted by Crippen LogP contribution is 2.29. The molecule has 0 unspecified atom stereocenters. The Labute approximate surface area is 178 Å². The molecule has 0 saturated carbocycles. The zero-order valence-corrected chi connectivity index (χ0v) is 18.0. The molecule has 0 saturated heterocycles. The van der Waals surface area contributed by atoms with Crippen LogP contribution in [0.25, 0.3) is 10.7 Å². The molecule has 0 bridgehead atoms. The van der Waals surface area contributed by atoms with E-state index in [1.54, 1.807) is 11.3 Å². The molecule has 0 N–H and O–H groups in total. The van der Waals surface area contributed by atoms with Crippen LogP contribution in [0.15, 0.2) is 68.6 Å². The highest BCUT2D eigenvalue weighted by Gasteiger charge is 2.15. The van der Waals surface area contributed by atoms with E-state index in [1.807, 2.05) is 35.7 Å². The number of aromatic nitrogens is 5. The predicted octanol–water partition coefficient (Wildman–Crippen LogP) is 5.22. The van der Waals surface area contributed by atoms with Gasteiger partial charge in [0.15, 0.2) is 5.16 Å². The second kappa shape index (κ2) is 8.85. The average Bonchev–Trinajstić information content (AvgIpc) is 3.43. The Morgan fingerprint density at radius 1 is 1.25 bits per heavy atom. The van der Waals surface area contributed by atoms with Crippen molar-refractivity contribution in [3.05, 3.63) is 76.2 Å². The van der Waals surface area contributed by atoms with Crippen molar-refractivity contribution < 1.29 is 4.52 Å². The van der Waals surface area contributed by atoms with Crippen LogP contribution in [0.3, 0.4) is 0 Å². The summed E-state index contributed by atoms with van der Waals surface area (Å²) in [6.07, 6.45) is 2.57. The quantitative estimate of drug-likeness (QED) is 0.258. The van der Waals surface area contributed by atoms with Crippen molar-refractivity contribution in [3.63, 3.8) is 0 Å². The molecule has 4 aromatic rings. The first-order valence-corrected chi connectivity index (χ1v) is 11.2. The summed E-state index contributed by atoms with van der Waals surface area (Å²) in [4.78, 5) is 5.44. The molecule has 6 nitrogen and oxygen atoms in total. The van der Waals surface area contributed by atoms with Crippen LogP contribution in [0, 0.1) is 0 Å². The van der Waals surface area contributed by atoms with E-state index in [4.69, 9.17) is 4.52 Å². The van der Waals surface area contributed by atoms with Gasteiger partial charge in [0.05, 0.1) is 10.6 Å². The molecule has 0 radical (unpaired) electrons. The van der Waals surface area contributed by atoms with E-state index in [9.17, 15) is 0 Å². The van der Waals surface area contributed by atoms with Gasteiger partial charge in [0.1, 0.15) is 5.82 Å². The minimum atomic E-state index is 0.528. The van der Waals surface area contributed by atoms with Gasteiger partial charge in [0, 0.05) is 22.8 Å². The van der Waals surface area contributed by atoms with E-state index in [0.717, 1.165) is 26.8 Å². The molecule has 1 aromatic carbocycles. The number of thioether (sulfide) groups is 1. The predicted molar refractivity (Wildman–Crippen MR) is 114 cm³/mol. The lowest BCUT2D eigenvalue weighted by molar-refractivity contribution is 0.391. The van der Waals surface area contributed by atoms with Crippen LogP contribution >= 0.6 is 39.0 Å². The van der Waals surface area contributed by atoms with Gasteiger partial charge >= 0.3 is 0 Å². The van der Waals surface area contributed by atoms with Crippen molar-refractivity contribution in [1.82, 2.24) is 24.9 Å². The number of halogens is 1. The van der Waals surface area contributed by atoms with Gasteiger partial charge in [0.25, 0.3) is 0 Å². The number of hydrogen-bond acceptors (Lipinski definition) is 7. The van der Waals surface area contributed by atoms with Gasteiger partial charge in [-0.3, -0.25) is 0 Å². The van der Waals surface area contributed by atoms with E-state index >= 15 is 0 Å². The second-order valence-electron chi connectivity index (χ2n) is 5.89. The van der Waals surface area contributed by atoms with E-state index in [1.165, 1.54) is 17.3 Å². The minimum Gasteiger partial charge on any atom is -0.338 e. The molecule has 4 rings (SSSR count). The maximum Gasteiger partial charge on any atom is 0.237 e. The highest BCUT2D eigenvalue weighted by atomic mass is 79.9. The van der Waals surface area contributed by atoms with Gasteiger partial charge in [-0.25, -0.2) is 0 Å². The zero-order valence-electron chi connectivity index (χ0n) is 14.8. The molecule has 0 spiro atoms. The first-order chi connectivity index (χ1) is 13.7. The molecule has 0 atom stereocenters.